The van der Waals surface area contributed by atoms with Crippen molar-refractivity contribution in [2.45, 2.75) is 11.9 Å². The van der Waals surface area contributed by atoms with Crippen LogP contribution in [0.15, 0.2) is 45.3 Å². The second-order valence-electron chi connectivity index (χ2n) is 3.94. The van der Waals surface area contributed by atoms with Gasteiger partial charge in [-0.3, -0.25) is 0 Å². The van der Waals surface area contributed by atoms with E-state index in [1.165, 1.54) is 9.13 Å². The minimum Gasteiger partial charge on any atom is -0.487 e. The van der Waals surface area contributed by atoms with E-state index in [0.29, 0.717) is 6.61 Å². The van der Waals surface area contributed by atoms with Crippen molar-refractivity contribution in [1.29, 1.82) is 0 Å². The molecule has 0 heterocycles. The van der Waals surface area contributed by atoms with Crippen LogP contribution in [0, 0.1) is 3.57 Å². The third-order valence-corrected chi connectivity index (χ3v) is 5.05. The Bertz CT molecular complexity index is 546. The lowest BCUT2D eigenvalue weighted by Gasteiger charge is -2.12. The molecule has 0 radical (unpaired) electrons. The summed E-state index contributed by atoms with van der Waals surface area (Å²) in [4.78, 5) is 0. The van der Waals surface area contributed by atoms with E-state index in [2.05, 4.69) is 107 Å². The van der Waals surface area contributed by atoms with Gasteiger partial charge in [-0.1, -0.05) is 28.1 Å². The highest BCUT2D eigenvalue weighted by atomic mass is 127. The van der Waals surface area contributed by atoms with E-state index < -0.39 is 0 Å². The first kappa shape index (κ1) is 15.8. The summed E-state index contributed by atoms with van der Waals surface area (Å²) in [6.07, 6.45) is 0. The topological polar surface area (TPSA) is 9.23 Å². The van der Waals surface area contributed by atoms with Crippen LogP contribution in [0.2, 0.25) is 0 Å². The summed E-state index contributed by atoms with van der Waals surface area (Å²) in [6.45, 7) is 0.557. The number of hydrogen-bond donors (Lipinski definition) is 0. The smallest absolute Gasteiger partial charge is 0.148 e. The van der Waals surface area contributed by atoms with E-state index in [1.54, 1.807) is 0 Å². The average molecular weight is 561 g/mol. The molecule has 0 fully saturated rings. The highest BCUT2D eigenvalue weighted by Gasteiger charge is 2.09. The fourth-order valence-electron chi connectivity index (χ4n) is 1.56. The molecule has 0 amide bonds. The predicted octanol–water partition coefficient (Wildman–Crippen LogP) is 6.29. The summed E-state index contributed by atoms with van der Waals surface area (Å²) in [5, 5.41) is 0.821. The SMILES string of the molecule is BrCc1cc(Br)c(OCc2ccc(I)cc2)c(Br)c1. The zero-order chi connectivity index (χ0) is 13.8. The molecule has 0 aliphatic heterocycles. The molecule has 100 valence electrons. The van der Waals surface area contributed by atoms with Gasteiger partial charge in [-0.05, 0) is 89.8 Å². The van der Waals surface area contributed by atoms with Crippen LogP contribution < -0.4 is 4.74 Å². The third-order valence-electron chi connectivity index (χ3n) is 2.51. The molecule has 0 aromatic heterocycles. The van der Waals surface area contributed by atoms with Gasteiger partial charge in [0.1, 0.15) is 12.4 Å². The van der Waals surface area contributed by atoms with Crippen LogP contribution in [0.1, 0.15) is 11.1 Å². The van der Waals surface area contributed by atoms with Crippen LogP contribution >= 0.6 is 70.4 Å². The Hall–Kier alpha value is 0.410. The fourth-order valence-corrected chi connectivity index (χ4v) is 3.76. The molecule has 0 atom stereocenters. The van der Waals surface area contributed by atoms with E-state index >= 15 is 0 Å². The second-order valence-corrected chi connectivity index (χ2v) is 7.45. The minimum atomic E-state index is 0.557. The highest BCUT2D eigenvalue weighted by molar-refractivity contribution is 14.1. The number of hydrogen-bond acceptors (Lipinski definition) is 1. The van der Waals surface area contributed by atoms with Gasteiger partial charge in [0.05, 0.1) is 8.95 Å². The Morgan fingerprint density at radius 1 is 0.947 bits per heavy atom. The summed E-state index contributed by atoms with van der Waals surface area (Å²) < 4.78 is 9.03. The van der Waals surface area contributed by atoms with Gasteiger partial charge in [-0.25, -0.2) is 0 Å². The number of halogens is 4. The number of alkyl halides is 1. The van der Waals surface area contributed by atoms with Crippen LogP contribution in [0.5, 0.6) is 5.75 Å². The van der Waals surface area contributed by atoms with Crippen LogP contribution in [0.3, 0.4) is 0 Å². The first-order chi connectivity index (χ1) is 9.10. The van der Waals surface area contributed by atoms with Gasteiger partial charge in [-0.2, -0.15) is 0 Å². The fraction of sp³-hybridized carbons (Fsp3) is 0.143. The lowest BCUT2D eigenvalue weighted by molar-refractivity contribution is 0.302. The number of rotatable bonds is 4. The van der Waals surface area contributed by atoms with E-state index in [0.717, 1.165) is 25.6 Å². The molecule has 0 N–H and O–H groups in total. The van der Waals surface area contributed by atoms with Gasteiger partial charge in [-0.15, -0.1) is 0 Å². The van der Waals surface area contributed by atoms with Crippen molar-refractivity contribution < 1.29 is 4.74 Å². The monoisotopic (exact) mass is 558 g/mol. The third kappa shape index (κ3) is 4.44. The minimum absolute atomic E-state index is 0.557. The van der Waals surface area contributed by atoms with Gasteiger partial charge < -0.3 is 4.74 Å². The zero-order valence-corrected chi connectivity index (χ0v) is 16.7. The molecule has 19 heavy (non-hydrogen) atoms. The van der Waals surface area contributed by atoms with Gasteiger partial charge in [0, 0.05) is 8.90 Å². The van der Waals surface area contributed by atoms with Crippen molar-refractivity contribution >= 4 is 70.4 Å². The molecule has 0 aliphatic carbocycles. The first-order valence-electron chi connectivity index (χ1n) is 5.51. The normalized spacial score (nSPS) is 10.5. The Morgan fingerprint density at radius 3 is 2.05 bits per heavy atom. The molecule has 1 nitrogen and oxygen atoms in total. The summed E-state index contributed by atoms with van der Waals surface area (Å²) in [5.41, 5.74) is 2.35. The molecule has 0 saturated heterocycles. The lowest BCUT2D eigenvalue weighted by Crippen LogP contribution is -1.97. The highest BCUT2D eigenvalue weighted by Crippen LogP contribution is 2.35. The first-order valence-corrected chi connectivity index (χ1v) is 9.30. The van der Waals surface area contributed by atoms with Crippen molar-refractivity contribution in [3.05, 3.63) is 60.0 Å². The van der Waals surface area contributed by atoms with Crippen molar-refractivity contribution in [3.8, 4) is 5.75 Å². The molecule has 0 saturated carbocycles. The maximum absolute atomic E-state index is 5.88. The Balaban J connectivity index is 2.13. The average Bonchev–Trinajstić information content (AvgIpc) is 2.39. The van der Waals surface area contributed by atoms with E-state index in [-0.39, 0.29) is 0 Å². The molecule has 2 aromatic rings. The molecule has 0 unspecified atom stereocenters. The summed E-state index contributed by atoms with van der Waals surface area (Å²) in [7, 11) is 0. The standard InChI is InChI=1S/C14H10Br3IO/c15-7-10-5-12(16)14(13(17)6-10)19-8-9-1-3-11(18)4-2-9/h1-6H,7-8H2. The molecule has 2 aromatic carbocycles. The molecular weight excluding hydrogens is 551 g/mol. The van der Waals surface area contributed by atoms with E-state index in [4.69, 9.17) is 4.74 Å². The predicted molar refractivity (Wildman–Crippen MR) is 98.0 cm³/mol. The molecule has 0 spiro atoms. The molecule has 0 aliphatic rings. The second kappa shape index (κ2) is 7.43. The Kier molecular flexibility index (Phi) is 6.17. The van der Waals surface area contributed by atoms with Crippen molar-refractivity contribution in [3.63, 3.8) is 0 Å². The van der Waals surface area contributed by atoms with Gasteiger partial charge in [0.25, 0.3) is 0 Å². The van der Waals surface area contributed by atoms with Crippen LogP contribution in [-0.2, 0) is 11.9 Å². The molecule has 2 rings (SSSR count). The maximum Gasteiger partial charge on any atom is 0.148 e. The molecule has 5 heteroatoms. The number of ether oxygens (including phenoxy) is 1. The zero-order valence-electron chi connectivity index (χ0n) is 9.80. The summed E-state index contributed by atoms with van der Waals surface area (Å²) in [5.74, 6) is 0.836. The quantitative estimate of drug-likeness (QED) is 0.316. The Morgan fingerprint density at radius 2 is 1.53 bits per heavy atom. The van der Waals surface area contributed by atoms with Crippen molar-refractivity contribution in [2.75, 3.05) is 0 Å². The van der Waals surface area contributed by atoms with E-state index in [1.807, 2.05) is 0 Å². The summed E-state index contributed by atoms with van der Waals surface area (Å²) in [6, 6.07) is 12.4. The Labute approximate surface area is 151 Å². The van der Waals surface area contributed by atoms with E-state index in [9.17, 15) is 0 Å². The maximum atomic E-state index is 5.88. The van der Waals surface area contributed by atoms with Gasteiger partial charge in [0.2, 0.25) is 0 Å². The van der Waals surface area contributed by atoms with Crippen LogP contribution in [-0.4, -0.2) is 0 Å². The van der Waals surface area contributed by atoms with Crippen molar-refractivity contribution in [1.82, 2.24) is 0 Å². The molecule has 0 bridgehead atoms. The van der Waals surface area contributed by atoms with Gasteiger partial charge in [0.15, 0.2) is 0 Å². The van der Waals surface area contributed by atoms with Crippen molar-refractivity contribution in [2.24, 2.45) is 0 Å². The largest absolute Gasteiger partial charge is 0.487 e. The van der Waals surface area contributed by atoms with Crippen LogP contribution in [0.4, 0.5) is 0 Å². The van der Waals surface area contributed by atoms with Gasteiger partial charge >= 0.3 is 0 Å². The lowest BCUT2D eigenvalue weighted by atomic mass is 10.2. The molecular formula is C14H10Br3IO. The van der Waals surface area contributed by atoms with Crippen LogP contribution in [0.25, 0.3) is 0 Å². The number of benzene rings is 2. The summed E-state index contributed by atoms with van der Waals surface area (Å²) >= 11 is 12.8.